The van der Waals surface area contributed by atoms with Gasteiger partial charge in [0.25, 0.3) is 0 Å². The van der Waals surface area contributed by atoms with Crippen LogP contribution >= 0.6 is 11.6 Å². The fourth-order valence-electron chi connectivity index (χ4n) is 1.75. The maximum absolute atomic E-state index is 13.0. The van der Waals surface area contributed by atoms with Crippen LogP contribution in [0.15, 0.2) is 36.4 Å². The van der Waals surface area contributed by atoms with Gasteiger partial charge in [0.1, 0.15) is 12.4 Å². The van der Waals surface area contributed by atoms with E-state index >= 15 is 0 Å². The first-order valence-electron chi connectivity index (χ1n) is 5.95. The number of hydrogen-bond donors (Lipinski definition) is 1. The number of ether oxygens (including phenoxy) is 1. The lowest BCUT2D eigenvalue weighted by molar-refractivity contribution is 0.0472. The largest absolute Gasteiger partial charge is 0.457 e. The maximum atomic E-state index is 13.0. The number of benzene rings is 2. The van der Waals surface area contributed by atoms with E-state index in [1.807, 2.05) is 0 Å². The summed E-state index contributed by atoms with van der Waals surface area (Å²) >= 11 is 5.95. The van der Waals surface area contributed by atoms with Crippen molar-refractivity contribution in [1.29, 1.82) is 0 Å². The molecule has 2 N–H and O–H groups in total. The summed E-state index contributed by atoms with van der Waals surface area (Å²) in [6.07, 6.45) is 0. The Labute approximate surface area is 121 Å². The lowest BCUT2D eigenvalue weighted by Crippen LogP contribution is -2.07. The van der Waals surface area contributed by atoms with Crippen molar-refractivity contribution in [1.82, 2.24) is 0 Å². The van der Waals surface area contributed by atoms with Crippen molar-refractivity contribution in [2.45, 2.75) is 13.5 Å². The van der Waals surface area contributed by atoms with Crippen LogP contribution in [0.3, 0.4) is 0 Å². The van der Waals surface area contributed by atoms with Crippen LogP contribution < -0.4 is 5.73 Å². The van der Waals surface area contributed by atoms with Crippen LogP contribution in [0.5, 0.6) is 0 Å². The number of aryl methyl sites for hydroxylation is 1. The van der Waals surface area contributed by atoms with E-state index in [0.29, 0.717) is 5.69 Å². The van der Waals surface area contributed by atoms with E-state index in [4.69, 9.17) is 22.1 Å². The highest BCUT2D eigenvalue weighted by molar-refractivity contribution is 6.36. The van der Waals surface area contributed by atoms with Crippen molar-refractivity contribution in [3.63, 3.8) is 0 Å². The van der Waals surface area contributed by atoms with Gasteiger partial charge in [-0.05, 0) is 42.3 Å². The number of nitrogen functional groups attached to an aromatic ring is 1. The molecule has 0 saturated heterocycles. The molecule has 0 fully saturated rings. The van der Waals surface area contributed by atoms with E-state index in [1.54, 1.807) is 31.2 Å². The minimum absolute atomic E-state index is 0.0517. The van der Waals surface area contributed by atoms with Gasteiger partial charge in [-0.3, -0.25) is 0 Å². The molecule has 0 unspecified atom stereocenters. The average molecular weight is 294 g/mol. The maximum Gasteiger partial charge on any atom is 0.340 e. The van der Waals surface area contributed by atoms with Crippen molar-refractivity contribution in [2.24, 2.45) is 0 Å². The smallest absolute Gasteiger partial charge is 0.340 e. The Morgan fingerprint density at radius 2 is 2.10 bits per heavy atom. The Morgan fingerprint density at radius 1 is 1.35 bits per heavy atom. The number of halogens is 2. The fraction of sp³-hybridized carbons (Fsp3) is 0.133. The van der Waals surface area contributed by atoms with E-state index in [9.17, 15) is 9.18 Å². The van der Waals surface area contributed by atoms with E-state index in [-0.39, 0.29) is 23.0 Å². The normalized spacial score (nSPS) is 10.3. The van der Waals surface area contributed by atoms with Crippen molar-refractivity contribution in [3.05, 3.63) is 63.9 Å². The summed E-state index contributed by atoms with van der Waals surface area (Å²) in [5, 5.41) is 0.174. The van der Waals surface area contributed by atoms with Crippen LogP contribution in [0.2, 0.25) is 5.02 Å². The number of nitrogens with two attached hydrogens (primary N) is 1. The molecule has 0 radical (unpaired) electrons. The SMILES string of the molecule is Cc1cc(F)ccc1COC(=O)c1cccc(N)c1Cl. The summed E-state index contributed by atoms with van der Waals surface area (Å²) in [4.78, 5) is 11.9. The molecule has 0 aliphatic rings. The highest BCUT2D eigenvalue weighted by Gasteiger charge is 2.14. The topological polar surface area (TPSA) is 52.3 Å². The zero-order valence-corrected chi connectivity index (χ0v) is 11.6. The van der Waals surface area contributed by atoms with Crippen molar-refractivity contribution in [3.8, 4) is 0 Å². The minimum atomic E-state index is -0.564. The summed E-state index contributed by atoms with van der Waals surface area (Å²) in [7, 11) is 0. The van der Waals surface area contributed by atoms with Gasteiger partial charge in [0.2, 0.25) is 0 Å². The average Bonchev–Trinajstić information content (AvgIpc) is 2.40. The molecule has 0 aromatic heterocycles. The first-order chi connectivity index (χ1) is 9.49. The lowest BCUT2D eigenvalue weighted by Gasteiger charge is -2.09. The van der Waals surface area contributed by atoms with Crippen molar-refractivity contribution >= 4 is 23.3 Å². The predicted molar refractivity (Wildman–Crippen MR) is 76.1 cm³/mol. The van der Waals surface area contributed by atoms with E-state index in [1.165, 1.54) is 12.1 Å². The number of rotatable bonds is 3. The zero-order valence-electron chi connectivity index (χ0n) is 10.8. The molecule has 20 heavy (non-hydrogen) atoms. The van der Waals surface area contributed by atoms with Crippen LogP contribution in [0, 0.1) is 12.7 Å². The van der Waals surface area contributed by atoms with Crippen LogP contribution in [0.1, 0.15) is 21.5 Å². The molecule has 0 heterocycles. The summed E-state index contributed by atoms with van der Waals surface area (Å²) in [5.41, 5.74) is 7.61. The van der Waals surface area contributed by atoms with Gasteiger partial charge in [0, 0.05) is 0 Å². The van der Waals surface area contributed by atoms with Gasteiger partial charge >= 0.3 is 5.97 Å². The van der Waals surface area contributed by atoms with Crippen molar-refractivity contribution < 1.29 is 13.9 Å². The standard InChI is InChI=1S/C15H13ClFNO2/c1-9-7-11(17)6-5-10(9)8-20-15(19)12-3-2-4-13(18)14(12)16/h2-7H,8,18H2,1H3. The van der Waals surface area contributed by atoms with Crippen LogP contribution in [-0.2, 0) is 11.3 Å². The first-order valence-corrected chi connectivity index (χ1v) is 6.33. The highest BCUT2D eigenvalue weighted by Crippen LogP contribution is 2.24. The van der Waals surface area contributed by atoms with Gasteiger partial charge in [-0.1, -0.05) is 23.7 Å². The molecule has 0 bridgehead atoms. The second kappa shape index (κ2) is 5.92. The fourth-order valence-corrected chi connectivity index (χ4v) is 1.95. The molecule has 3 nitrogen and oxygen atoms in total. The summed E-state index contributed by atoms with van der Waals surface area (Å²) < 4.78 is 18.1. The third kappa shape index (κ3) is 3.08. The Balaban J connectivity index is 2.11. The van der Waals surface area contributed by atoms with Gasteiger partial charge in [0.15, 0.2) is 0 Å². The Morgan fingerprint density at radius 3 is 2.80 bits per heavy atom. The minimum Gasteiger partial charge on any atom is -0.457 e. The summed E-state index contributed by atoms with van der Waals surface area (Å²) in [5.74, 6) is -0.887. The summed E-state index contributed by atoms with van der Waals surface area (Å²) in [6, 6.07) is 9.06. The second-order valence-corrected chi connectivity index (χ2v) is 4.73. The van der Waals surface area contributed by atoms with Crippen LogP contribution in [0.25, 0.3) is 0 Å². The third-order valence-corrected chi connectivity index (χ3v) is 3.33. The number of carbonyl (C=O) groups is 1. The van der Waals surface area contributed by atoms with Crippen molar-refractivity contribution in [2.75, 3.05) is 5.73 Å². The number of esters is 1. The zero-order chi connectivity index (χ0) is 14.7. The molecular weight excluding hydrogens is 281 g/mol. The number of hydrogen-bond acceptors (Lipinski definition) is 3. The molecule has 2 aromatic rings. The molecular formula is C15H13ClFNO2. The van der Waals surface area contributed by atoms with Crippen LogP contribution in [-0.4, -0.2) is 5.97 Å². The molecule has 2 rings (SSSR count). The van der Waals surface area contributed by atoms with E-state index in [2.05, 4.69) is 0 Å². The van der Waals surface area contributed by atoms with E-state index < -0.39 is 5.97 Å². The van der Waals surface area contributed by atoms with Gasteiger partial charge in [-0.15, -0.1) is 0 Å². The van der Waals surface area contributed by atoms with Gasteiger partial charge in [-0.25, -0.2) is 9.18 Å². The molecule has 0 spiro atoms. The second-order valence-electron chi connectivity index (χ2n) is 4.36. The molecule has 0 atom stereocenters. The first kappa shape index (κ1) is 14.3. The van der Waals surface area contributed by atoms with E-state index in [0.717, 1.165) is 11.1 Å². The molecule has 104 valence electrons. The number of anilines is 1. The van der Waals surface area contributed by atoms with Gasteiger partial charge < -0.3 is 10.5 Å². The van der Waals surface area contributed by atoms with Gasteiger partial charge in [0.05, 0.1) is 16.3 Å². The monoisotopic (exact) mass is 293 g/mol. The molecule has 0 saturated carbocycles. The Bertz CT molecular complexity index is 658. The van der Waals surface area contributed by atoms with Crippen LogP contribution in [0.4, 0.5) is 10.1 Å². The molecule has 0 aliphatic carbocycles. The predicted octanol–water partition coefficient (Wildman–Crippen LogP) is 3.73. The molecule has 2 aromatic carbocycles. The lowest BCUT2D eigenvalue weighted by atomic mass is 10.1. The number of carbonyl (C=O) groups excluding carboxylic acids is 1. The van der Waals surface area contributed by atoms with Gasteiger partial charge in [-0.2, -0.15) is 0 Å². The molecule has 0 amide bonds. The molecule has 0 aliphatic heterocycles. The Kier molecular flexibility index (Phi) is 4.25. The third-order valence-electron chi connectivity index (χ3n) is 2.91. The summed E-state index contributed by atoms with van der Waals surface area (Å²) in [6.45, 7) is 1.80. The highest BCUT2D eigenvalue weighted by atomic mass is 35.5. The molecule has 5 heteroatoms. The Hall–Kier alpha value is -2.07. The quantitative estimate of drug-likeness (QED) is 0.693.